The van der Waals surface area contributed by atoms with Crippen LogP contribution < -0.4 is 9.47 Å². The van der Waals surface area contributed by atoms with Gasteiger partial charge in [-0.25, -0.2) is 0 Å². The van der Waals surface area contributed by atoms with Gasteiger partial charge in [-0.3, -0.25) is 9.69 Å². The smallest absolute Gasteiger partial charge is 0.231 e. The minimum Gasteiger partial charge on any atom is -0.477 e. The van der Waals surface area contributed by atoms with Crippen molar-refractivity contribution >= 4 is 27.8 Å². The molecule has 0 fully saturated rings. The Balaban J connectivity index is 1.61. The molecule has 2 aromatic carbocycles. The second kappa shape index (κ2) is 8.07. The number of ketones is 1. The molecule has 6 heteroatoms. The third-order valence-corrected chi connectivity index (χ3v) is 5.46. The van der Waals surface area contributed by atoms with E-state index in [1.807, 2.05) is 37.3 Å². The number of allylic oxidation sites excluding steroid dienone is 1. The number of benzene rings is 2. The highest BCUT2D eigenvalue weighted by Gasteiger charge is 2.33. The molecule has 4 rings (SSSR count). The van der Waals surface area contributed by atoms with Crippen LogP contribution >= 0.6 is 15.9 Å². The molecule has 2 aromatic rings. The highest BCUT2D eigenvalue weighted by atomic mass is 79.9. The number of Topliss-reactive ketones (excluding diaryl/α,β-unsaturated/α-hetero) is 1. The average molecular weight is 444 g/mol. The van der Waals surface area contributed by atoms with E-state index in [4.69, 9.17) is 14.2 Å². The summed E-state index contributed by atoms with van der Waals surface area (Å²) in [6, 6.07) is 9.69. The predicted octanol–water partition coefficient (Wildman–Crippen LogP) is 4.56. The topological polar surface area (TPSA) is 48.0 Å². The van der Waals surface area contributed by atoms with E-state index in [1.54, 1.807) is 13.2 Å². The van der Waals surface area contributed by atoms with Crippen LogP contribution in [0.25, 0.3) is 6.08 Å². The van der Waals surface area contributed by atoms with Gasteiger partial charge in [0.05, 0.1) is 5.56 Å². The molecule has 0 saturated carbocycles. The molecule has 0 atom stereocenters. The molecule has 2 aliphatic heterocycles. The SMILES string of the molecule is COCCCN1COc2c(cc3c(c2C)O/C(=C\c2cccc(Br)c2)C3=O)C1. The van der Waals surface area contributed by atoms with Crippen molar-refractivity contribution < 1.29 is 19.0 Å². The van der Waals surface area contributed by atoms with Gasteiger partial charge in [0.1, 0.15) is 18.2 Å². The zero-order chi connectivity index (χ0) is 19.7. The van der Waals surface area contributed by atoms with Crippen molar-refractivity contribution in [1.29, 1.82) is 0 Å². The van der Waals surface area contributed by atoms with Crippen molar-refractivity contribution in [2.24, 2.45) is 0 Å². The first-order valence-corrected chi connectivity index (χ1v) is 10.1. The van der Waals surface area contributed by atoms with Crippen LogP contribution in [0.15, 0.2) is 40.6 Å². The molecule has 28 heavy (non-hydrogen) atoms. The van der Waals surface area contributed by atoms with Gasteiger partial charge in [0.15, 0.2) is 5.76 Å². The van der Waals surface area contributed by atoms with Gasteiger partial charge in [0.25, 0.3) is 0 Å². The second-order valence-electron chi connectivity index (χ2n) is 7.03. The van der Waals surface area contributed by atoms with Gasteiger partial charge in [-0.2, -0.15) is 0 Å². The number of ether oxygens (including phenoxy) is 3. The quantitative estimate of drug-likeness (QED) is 0.500. The summed E-state index contributed by atoms with van der Waals surface area (Å²) in [6.45, 7) is 4.86. The Kier molecular flexibility index (Phi) is 5.53. The Hall–Kier alpha value is -2.15. The lowest BCUT2D eigenvalue weighted by molar-refractivity contribution is 0.0826. The van der Waals surface area contributed by atoms with Gasteiger partial charge in [0, 0.05) is 42.4 Å². The summed E-state index contributed by atoms with van der Waals surface area (Å²) in [7, 11) is 1.71. The monoisotopic (exact) mass is 443 g/mol. The van der Waals surface area contributed by atoms with Crippen LogP contribution in [0.4, 0.5) is 0 Å². The summed E-state index contributed by atoms with van der Waals surface area (Å²) in [6.07, 6.45) is 2.73. The standard InChI is InChI=1S/C22H22BrNO4/c1-14-21-16(12-24(13-27-21)7-4-8-26-2)11-18-20(25)19(28-22(14)18)10-15-5-3-6-17(23)9-15/h3,5-6,9-11H,4,7-8,12-13H2,1-2H3/b19-10-. The first-order valence-electron chi connectivity index (χ1n) is 9.27. The number of hydrogen-bond donors (Lipinski definition) is 0. The van der Waals surface area contributed by atoms with Crippen molar-refractivity contribution in [3.63, 3.8) is 0 Å². The average Bonchev–Trinajstić information content (AvgIpc) is 2.98. The highest BCUT2D eigenvalue weighted by molar-refractivity contribution is 9.10. The van der Waals surface area contributed by atoms with Crippen molar-refractivity contribution in [3.8, 4) is 11.5 Å². The minimum absolute atomic E-state index is 0.0858. The zero-order valence-electron chi connectivity index (χ0n) is 16.0. The Morgan fingerprint density at radius 1 is 1.29 bits per heavy atom. The largest absolute Gasteiger partial charge is 0.477 e. The molecule has 146 valence electrons. The number of nitrogens with zero attached hydrogens (tertiary/aromatic N) is 1. The van der Waals surface area contributed by atoms with Gasteiger partial charge in [-0.15, -0.1) is 0 Å². The molecule has 0 bridgehead atoms. The normalized spacial score (nSPS) is 17.2. The molecule has 0 saturated heterocycles. The molecule has 0 unspecified atom stereocenters. The molecule has 2 heterocycles. The Morgan fingerprint density at radius 3 is 2.93 bits per heavy atom. The third kappa shape index (κ3) is 3.72. The van der Waals surface area contributed by atoms with E-state index >= 15 is 0 Å². The number of carbonyl (C=O) groups excluding carboxylic acids is 1. The van der Waals surface area contributed by atoms with Crippen LogP contribution in [0.2, 0.25) is 0 Å². The van der Waals surface area contributed by atoms with Crippen molar-refractivity contribution in [2.75, 3.05) is 27.0 Å². The molecular weight excluding hydrogens is 422 g/mol. The molecule has 0 amide bonds. The van der Waals surface area contributed by atoms with Crippen LogP contribution in [-0.4, -0.2) is 37.7 Å². The predicted molar refractivity (Wildman–Crippen MR) is 111 cm³/mol. The minimum atomic E-state index is -0.0858. The third-order valence-electron chi connectivity index (χ3n) is 4.97. The Bertz CT molecular complexity index is 954. The fourth-order valence-electron chi connectivity index (χ4n) is 3.62. The maximum absolute atomic E-state index is 12.9. The Morgan fingerprint density at radius 2 is 2.14 bits per heavy atom. The molecule has 2 aliphatic rings. The van der Waals surface area contributed by atoms with E-state index in [1.165, 1.54) is 0 Å². The lowest BCUT2D eigenvalue weighted by Crippen LogP contribution is -2.33. The number of halogens is 1. The van der Waals surface area contributed by atoms with Gasteiger partial charge >= 0.3 is 0 Å². The number of methoxy groups -OCH3 is 1. The fraction of sp³-hybridized carbons (Fsp3) is 0.318. The first kappa shape index (κ1) is 19.2. The maximum Gasteiger partial charge on any atom is 0.231 e. The van der Waals surface area contributed by atoms with Crippen LogP contribution in [0.5, 0.6) is 11.5 Å². The first-order chi connectivity index (χ1) is 13.6. The van der Waals surface area contributed by atoms with E-state index in [-0.39, 0.29) is 5.78 Å². The summed E-state index contributed by atoms with van der Waals surface area (Å²) in [5, 5.41) is 0. The van der Waals surface area contributed by atoms with E-state index < -0.39 is 0 Å². The van der Waals surface area contributed by atoms with Crippen LogP contribution in [0.1, 0.15) is 33.5 Å². The Labute approximate surface area is 173 Å². The van der Waals surface area contributed by atoms with E-state index in [0.29, 0.717) is 23.8 Å². The molecule has 0 spiro atoms. The molecule has 0 radical (unpaired) electrons. The summed E-state index contributed by atoms with van der Waals surface area (Å²) in [4.78, 5) is 15.2. The van der Waals surface area contributed by atoms with Gasteiger partial charge in [0.2, 0.25) is 5.78 Å². The molecule has 0 N–H and O–H groups in total. The van der Waals surface area contributed by atoms with E-state index in [0.717, 1.165) is 53.0 Å². The fourth-order valence-corrected chi connectivity index (χ4v) is 4.04. The number of fused-ring (bicyclic) bond motifs is 2. The van der Waals surface area contributed by atoms with Gasteiger partial charge in [-0.1, -0.05) is 28.1 Å². The van der Waals surface area contributed by atoms with Crippen molar-refractivity contribution in [1.82, 2.24) is 4.90 Å². The van der Waals surface area contributed by atoms with E-state index in [9.17, 15) is 4.79 Å². The summed E-state index contributed by atoms with van der Waals surface area (Å²) in [5.74, 6) is 1.70. The lowest BCUT2D eigenvalue weighted by Gasteiger charge is -2.30. The summed E-state index contributed by atoms with van der Waals surface area (Å²) in [5.41, 5.74) is 3.43. The lowest BCUT2D eigenvalue weighted by atomic mass is 10.00. The zero-order valence-corrected chi connectivity index (χ0v) is 17.5. The number of hydrogen-bond acceptors (Lipinski definition) is 5. The molecular formula is C22H22BrNO4. The highest BCUT2D eigenvalue weighted by Crippen LogP contribution is 2.43. The van der Waals surface area contributed by atoms with Gasteiger partial charge in [-0.05, 0) is 43.2 Å². The van der Waals surface area contributed by atoms with E-state index in [2.05, 4.69) is 20.8 Å². The van der Waals surface area contributed by atoms with Crippen LogP contribution in [-0.2, 0) is 11.3 Å². The summed E-state index contributed by atoms with van der Waals surface area (Å²) < 4.78 is 18.0. The van der Waals surface area contributed by atoms with Crippen molar-refractivity contribution in [2.45, 2.75) is 19.9 Å². The number of carbonyl (C=O) groups is 1. The van der Waals surface area contributed by atoms with Crippen LogP contribution in [0.3, 0.4) is 0 Å². The van der Waals surface area contributed by atoms with Crippen molar-refractivity contribution in [3.05, 3.63) is 62.8 Å². The molecule has 5 nitrogen and oxygen atoms in total. The second-order valence-corrected chi connectivity index (χ2v) is 7.95. The molecule has 0 aliphatic carbocycles. The van der Waals surface area contributed by atoms with Crippen LogP contribution in [0, 0.1) is 6.92 Å². The summed E-state index contributed by atoms with van der Waals surface area (Å²) >= 11 is 3.46. The molecule has 0 aromatic heterocycles. The maximum atomic E-state index is 12.9. The van der Waals surface area contributed by atoms with Gasteiger partial charge < -0.3 is 14.2 Å². The number of rotatable bonds is 5.